The zero-order chi connectivity index (χ0) is 30.1. The van der Waals surface area contributed by atoms with Crippen LogP contribution in [0, 0.1) is 6.92 Å². The van der Waals surface area contributed by atoms with Crippen LogP contribution in [0.15, 0.2) is 54.6 Å². The molecule has 0 bridgehead atoms. The summed E-state index contributed by atoms with van der Waals surface area (Å²) in [5.41, 5.74) is 2.04. The van der Waals surface area contributed by atoms with Crippen molar-refractivity contribution in [2.75, 3.05) is 13.7 Å². The average molecular weight is 682 g/mol. The molecular formula is C30H34O10Te. The summed E-state index contributed by atoms with van der Waals surface area (Å²) in [6.45, 7) is 6.58. The van der Waals surface area contributed by atoms with E-state index >= 15 is 0 Å². The van der Waals surface area contributed by atoms with Gasteiger partial charge in [-0.25, -0.2) is 0 Å². The zero-order valence-electron chi connectivity index (χ0n) is 23.8. The molecule has 1 fully saturated rings. The summed E-state index contributed by atoms with van der Waals surface area (Å²) >= 11 is -1.01. The Kier molecular flexibility index (Phi) is 11.8. The van der Waals surface area contributed by atoms with Gasteiger partial charge in [-0.3, -0.25) is 0 Å². The van der Waals surface area contributed by atoms with Gasteiger partial charge in [0.05, 0.1) is 0 Å². The van der Waals surface area contributed by atoms with Gasteiger partial charge in [-0.05, 0) is 0 Å². The third kappa shape index (κ3) is 9.59. The molecular weight excluding hydrogens is 648 g/mol. The number of esters is 4. The normalized spacial score (nSPS) is 22.3. The number of hydrogen-bond donors (Lipinski definition) is 0. The minimum absolute atomic E-state index is 0.283. The Morgan fingerprint density at radius 2 is 1.34 bits per heavy atom. The van der Waals surface area contributed by atoms with E-state index in [2.05, 4.69) is 12.1 Å². The van der Waals surface area contributed by atoms with Gasteiger partial charge in [0.2, 0.25) is 0 Å². The van der Waals surface area contributed by atoms with E-state index in [0.29, 0.717) is 5.75 Å². The third-order valence-corrected chi connectivity index (χ3v) is 9.10. The summed E-state index contributed by atoms with van der Waals surface area (Å²) in [6.07, 6.45) is -3.71. The van der Waals surface area contributed by atoms with Gasteiger partial charge >= 0.3 is 250 Å². The van der Waals surface area contributed by atoms with Gasteiger partial charge in [0.25, 0.3) is 0 Å². The van der Waals surface area contributed by atoms with E-state index in [1.165, 1.54) is 27.7 Å². The predicted molar refractivity (Wildman–Crippen MR) is 149 cm³/mol. The van der Waals surface area contributed by atoms with Crippen molar-refractivity contribution < 1.29 is 47.6 Å². The molecule has 2 aromatic carbocycles. The summed E-state index contributed by atoms with van der Waals surface area (Å²) in [4.78, 5) is 48.1. The van der Waals surface area contributed by atoms with Crippen LogP contribution in [0.4, 0.5) is 0 Å². The van der Waals surface area contributed by atoms with Crippen LogP contribution in [0.1, 0.15) is 38.8 Å². The Hall–Kier alpha value is -3.39. The van der Waals surface area contributed by atoms with Crippen molar-refractivity contribution >= 4 is 52.0 Å². The molecule has 0 unspecified atom stereocenters. The molecule has 0 aromatic heterocycles. The van der Waals surface area contributed by atoms with Crippen LogP contribution >= 0.6 is 0 Å². The van der Waals surface area contributed by atoms with Gasteiger partial charge in [0, 0.05) is 0 Å². The topological polar surface area (TPSA) is 124 Å². The molecule has 2 aromatic rings. The van der Waals surface area contributed by atoms with E-state index in [-0.39, 0.29) is 6.61 Å². The Labute approximate surface area is 249 Å². The van der Waals surface area contributed by atoms with Crippen molar-refractivity contribution in [1.29, 1.82) is 0 Å². The van der Waals surface area contributed by atoms with E-state index in [1.807, 2.05) is 49.4 Å². The van der Waals surface area contributed by atoms with E-state index < -0.39 is 75.3 Å². The van der Waals surface area contributed by atoms with E-state index in [4.69, 9.17) is 28.4 Å². The maximum atomic E-state index is 12.2. The first kappa shape index (κ1) is 32.1. The number of benzene rings is 2. The molecule has 41 heavy (non-hydrogen) atoms. The Morgan fingerprint density at radius 3 is 1.88 bits per heavy atom. The fourth-order valence-electron chi connectivity index (χ4n) is 4.22. The van der Waals surface area contributed by atoms with Crippen LogP contribution in [0.3, 0.4) is 0 Å². The second kappa shape index (κ2) is 15.0. The van der Waals surface area contributed by atoms with Crippen LogP contribution in [-0.4, -0.2) is 89.0 Å². The number of rotatable bonds is 10. The number of aryl methyl sites for hydroxylation is 1. The van der Waals surface area contributed by atoms with Gasteiger partial charge in [-0.1, -0.05) is 0 Å². The zero-order valence-corrected chi connectivity index (χ0v) is 26.1. The van der Waals surface area contributed by atoms with Crippen LogP contribution in [0.25, 0.3) is 3.62 Å². The van der Waals surface area contributed by atoms with Crippen LogP contribution < -0.4 is 8.35 Å². The third-order valence-electron chi connectivity index (χ3n) is 5.97. The quantitative estimate of drug-likeness (QED) is 0.210. The van der Waals surface area contributed by atoms with E-state index in [1.54, 1.807) is 7.11 Å². The number of methoxy groups -OCH3 is 1. The molecule has 0 radical (unpaired) electrons. The van der Waals surface area contributed by atoms with E-state index in [0.717, 1.165) is 18.4 Å². The predicted octanol–water partition coefficient (Wildman–Crippen LogP) is 2.50. The Morgan fingerprint density at radius 1 is 0.780 bits per heavy atom. The molecule has 220 valence electrons. The number of hydrogen-bond acceptors (Lipinski definition) is 10. The molecule has 10 nitrogen and oxygen atoms in total. The van der Waals surface area contributed by atoms with E-state index in [9.17, 15) is 19.2 Å². The minimum atomic E-state index is -1.23. The summed E-state index contributed by atoms with van der Waals surface area (Å²) in [5.74, 6) is -1.88. The number of carbonyl (C=O) groups excluding carboxylic acids is 4. The number of carbonyl (C=O) groups is 4. The van der Waals surface area contributed by atoms with Crippen molar-refractivity contribution in [3.8, 4) is 5.75 Å². The van der Waals surface area contributed by atoms with Crippen molar-refractivity contribution in [2.24, 2.45) is 0 Å². The Balaban J connectivity index is 2.14. The molecule has 5 atom stereocenters. The summed E-state index contributed by atoms with van der Waals surface area (Å²) < 4.78 is 35.7. The van der Waals surface area contributed by atoms with Gasteiger partial charge < -0.3 is 0 Å². The Bertz CT molecular complexity index is 1260. The van der Waals surface area contributed by atoms with Crippen molar-refractivity contribution in [1.82, 2.24) is 0 Å². The molecule has 0 saturated carbocycles. The SMILES string of the molecule is COc1ccc(/C(=C\[C@H]2O[C@H](COC(C)=O)[C@@H](OC(C)=O)[C@H](OC(C)=O)[C@H]2OC(C)=O)[Te]c2ccc(C)cc2)cc1. The molecule has 0 amide bonds. The monoisotopic (exact) mass is 684 g/mol. The first-order valence-corrected chi connectivity index (χ1v) is 15.2. The second-order valence-corrected chi connectivity index (χ2v) is 12.5. The van der Waals surface area contributed by atoms with Gasteiger partial charge in [-0.15, -0.1) is 0 Å². The summed E-state index contributed by atoms with van der Waals surface area (Å²) in [7, 11) is 1.59. The van der Waals surface area contributed by atoms with Gasteiger partial charge in [0.15, 0.2) is 0 Å². The molecule has 1 heterocycles. The molecule has 1 aliphatic rings. The molecule has 3 rings (SSSR count). The fraction of sp³-hybridized carbons (Fsp3) is 0.400. The van der Waals surface area contributed by atoms with Crippen molar-refractivity contribution in [3.05, 3.63) is 65.7 Å². The molecule has 1 saturated heterocycles. The molecule has 11 heteroatoms. The molecule has 0 aliphatic carbocycles. The van der Waals surface area contributed by atoms with Gasteiger partial charge in [-0.2, -0.15) is 0 Å². The fourth-order valence-corrected chi connectivity index (χ4v) is 7.03. The number of ether oxygens (including phenoxy) is 6. The van der Waals surface area contributed by atoms with Crippen molar-refractivity contribution in [2.45, 2.75) is 65.1 Å². The summed E-state index contributed by atoms with van der Waals surface area (Å²) in [5, 5.41) is 0. The molecule has 0 spiro atoms. The first-order chi connectivity index (χ1) is 19.5. The summed E-state index contributed by atoms with van der Waals surface area (Å²) in [6, 6.07) is 15.8. The standard InChI is InChI=1S/C30H34O10Te/c1-17-7-13-24(14-8-17)41-27(22-9-11-23(35-6)12-10-22)15-25-28(37-19(3)32)30(39-21(5)34)29(38-20(4)33)26(40-25)16-36-18(2)31/h7-15,25-26,28-30H,16H2,1-6H3/b27-15+/t25-,26-,28+,29-,30-/m1/s1. The maximum absolute atomic E-state index is 12.2. The van der Waals surface area contributed by atoms with Crippen LogP contribution in [0.5, 0.6) is 5.75 Å². The first-order valence-electron chi connectivity index (χ1n) is 12.9. The average Bonchev–Trinajstić information content (AvgIpc) is 2.91. The molecule has 0 N–H and O–H groups in total. The van der Waals surface area contributed by atoms with Crippen molar-refractivity contribution in [3.63, 3.8) is 0 Å². The van der Waals surface area contributed by atoms with Crippen LogP contribution in [0.2, 0.25) is 0 Å². The second-order valence-electron chi connectivity index (χ2n) is 9.34. The van der Waals surface area contributed by atoms with Crippen LogP contribution in [-0.2, 0) is 42.9 Å². The molecule has 1 aliphatic heterocycles. The van der Waals surface area contributed by atoms with Gasteiger partial charge in [0.1, 0.15) is 0 Å².